The molecule has 2 rings (SSSR count). The number of aliphatic hydroxyl groups excluding tert-OH is 1. The van der Waals surface area contributed by atoms with Gasteiger partial charge in [-0.2, -0.15) is 0 Å². The van der Waals surface area contributed by atoms with Gasteiger partial charge in [0, 0.05) is 0 Å². The standard InChI is InChI=1S/C15H16O2/c1-12-4-2-3-5-15(12)17-11-14-8-6-13(10-16)7-9-14/h2-9,16H,10-11H2,1H3. The van der Waals surface area contributed by atoms with Crippen LogP contribution in [0.1, 0.15) is 16.7 Å². The van der Waals surface area contributed by atoms with Crippen LogP contribution >= 0.6 is 0 Å². The lowest BCUT2D eigenvalue weighted by Crippen LogP contribution is -1.97. The third-order valence-corrected chi connectivity index (χ3v) is 2.69. The first-order valence-corrected chi connectivity index (χ1v) is 5.66. The van der Waals surface area contributed by atoms with E-state index in [0.29, 0.717) is 6.61 Å². The zero-order chi connectivity index (χ0) is 12.1. The van der Waals surface area contributed by atoms with E-state index in [4.69, 9.17) is 9.84 Å². The van der Waals surface area contributed by atoms with Crippen LogP contribution in [0.5, 0.6) is 5.75 Å². The molecular formula is C15H16O2. The van der Waals surface area contributed by atoms with E-state index in [2.05, 4.69) is 0 Å². The van der Waals surface area contributed by atoms with Crippen LogP contribution in [0.4, 0.5) is 0 Å². The Kier molecular flexibility index (Phi) is 3.78. The van der Waals surface area contributed by atoms with Gasteiger partial charge >= 0.3 is 0 Å². The minimum absolute atomic E-state index is 0.0823. The monoisotopic (exact) mass is 228 g/mol. The highest BCUT2D eigenvalue weighted by atomic mass is 16.5. The maximum Gasteiger partial charge on any atom is 0.122 e. The van der Waals surface area contributed by atoms with E-state index in [9.17, 15) is 0 Å². The molecule has 0 aliphatic carbocycles. The van der Waals surface area contributed by atoms with Crippen molar-refractivity contribution in [1.82, 2.24) is 0 Å². The zero-order valence-electron chi connectivity index (χ0n) is 9.89. The molecule has 0 bridgehead atoms. The van der Waals surface area contributed by atoms with Crippen molar-refractivity contribution in [2.75, 3.05) is 0 Å². The smallest absolute Gasteiger partial charge is 0.122 e. The summed E-state index contributed by atoms with van der Waals surface area (Å²) in [6.45, 7) is 2.67. The Bertz CT molecular complexity index is 475. The number of hydrogen-bond donors (Lipinski definition) is 1. The third-order valence-electron chi connectivity index (χ3n) is 2.69. The summed E-state index contributed by atoms with van der Waals surface area (Å²) in [7, 11) is 0. The third kappa shape index (κ3) is 3.08. The first kappa shape index (κ1) is 11.7. The summed E-state index contributed by atoms with van der Waals surface area (Å²) in [5.41, 5.74) is 3.16. The molecule has 0 atom stereocenters. The molecule has 17 heavy (non-hydrogen) atoms. The van der Waals surface area contributed by atoms with Gasteiger partial charge in [-0.3, -0.25) is 0 Å². The lowest BCUT2D eigenvalue weighted by atomic mass is 10.1. The number of benzene rings is 2. The van der Waals surface area contributed by atoms with Crippen LogP contribution in [0, 0.1) is 6.92 Å². The Hall–Kier alpha value is -1.80. The van der Waals surface area contributed by atoms with Gasteiger partial charge in [-0.25, -0.2) is 0 Å². The molecule has 2 nitrogen and oxygen atoms in total. The SMILES string of the molecule is Cc1ccccc1OCc1ccc(CO)cc1. The molecule has 0 aromatic heterocycles. The molecule has 0 aliphatic rings. The van der Waals surface area contributed by atoms with Gasteiger partial charge in [-0.1, -0.05) is 42.5 Å². The molecule has 2 heteroatoms. The molecule has 0 saturated heterocycles. The van der Waals surface area contributed by atoms with Crippen LogP contribution in [-0.2, 0) is 13.2 Å². The first-order chi connectivity index (χ1) is 8.29. The van der Waals surface area contributed by atoms with Crippen molar-refractivity contribution >= 4 is 0 Å². The number of aliphatic hydroxyl groups is 1. The van der Waals surface area contributed by atoms with Gasteiger partial charge in [-0.15, -0.1) is 0 Å². The fraction of sp³-hybridized carbons (Fsp3) is 0.200. The number of ether oxygens (including phenoxy) is 1. The van der Waals surface area contributed by atoms with Crippen molar-refractivity contribution < 1.29 is 9.84 Å². The van der Waals surface area contributed by atoms with E-state index >= 15 is 0 Å². The number of aryl methyl sites for hydroxylation is 1. The molecule has 0 saturated carbocycles. The van der Waals surface area contributed by atoms with Gasteiger partial charge in [0.05, 0.1) is 6.61 Å². The quantitative estimate of drug-likeness (QED) is 0.871. The van der Waals surface area contributed by atoms with Crippen LogP contribution in [0.3, 0.4) is 0 Å². The van der Waals surface area contributed by atoms with Crippen molar-refractivity contribution in [1.29, 1.82) is 0 Å². The summed E-state index contributed by atoms with van der Waals surface area (Å²) in [5, 5.41) is 8.94. The van der Waals surface area contributed by atoms with Gasteiger partial charge in [0.25, 0.3) is 0 Å². The average Bonchev–Trinajstić information content (AvgIpc) is 2.38. The highest BCUT2D eigenvalue weighted by molar-refractivity contribution is 5.32. The summed E-state index contributed by atoms with van der Waals surface area (Å²) in [4.78, 5) is 0. The second-order valence-electron chi connectivity index (χ2n) is 4.03. The number of rotatable bonds is 4. The molecule has 2 aromatic rings. The van der Waals surface area contributed by atoms with Gasteiger partial charge in [0.2, 0.25) is 0 Å². The Morgan fingerprint density at radius 2 is 1.59 bits per heavy atom. The minimum Gasteiger partial charge on any atom is -0.489 e. The molecule has 1 N–H and O–H groups in total. The van der Waals surface area contributed by atoms with Crippen molar-refractivity contribution in [3.8, 4) is 5.75 Å². The Labute approximate surface area is 101 Å². The van der Waals surface area contributed by atoms with Crippen LogP contribution in [-0.4, -0.2) is 5.11 Å². The number of para-hydroxylation sites is 1. The van der Waals surface area contributed by atoms with Crippen molar-refractivity contribution in [2.24, 2.45) is 0 Å². The summed E-state index contributed by atoms with van der Waals surface area (Å²) in [6.07, 6.45) is 0. The summed E-state index contributed by atoms with van der Waals surface area (Å²) in [5.74, 6) is 0.915. The highest BCUT2D eigenvalue weighted by Crippen LogP contribution is 2.17. The van der Waals surface area contributed by atoms with E-state index in [1.165, 1.54) is 0 Å². The van der Waals surface area contributed by atoms with Crippen LogP contribution in [0.25, 0.3) is 0 Å². The van der Waals surface area contributed by atoms with Gasteiger partial charge < -0.3 is 9.84 Å². The summed E-state index contributed by atoms with van der Waals surface area (Å²) >= 11 is 0. The van der Waals surface area contributed by atoms with Crippen LogP contribution < -0.4 is 4.74 Å². The molecule has 0 spiro atoms. The summed E-state index contributed by atoms with van der Waals surface area (Å²) in [6, 6.07) is 15.7. The van der Waals surface area contributed by atoms with E-state index in [1.807, 2.05) is 55.5 Å². The van der Waals surface area contributed by atoms with Gasteiger partial charge in [-0.05, 0) is 29.7 Å². The van der Waals surface area contributed by atoms with Crippen LogP contribution in [0.15, 0.2) is 48.5 Å². The molecular weight excluding hydrogens is 212 g/mol. The fourth-order valence-electron chi connectivity index (χ4n) is 1.62. The van der Waals surface area contributed by atoms with Crippen molar-refractivity contribution in [2.45, 2.75) is 20.1 Å². The molecule has 0 heterocycles. The molecule has 0 radical (unpaired) electrons. The fourth-order valence-corrected chi connectivity index (χ4v) is 1.62. The maximum atomic E-state index is 8.94. The molecule has 0 fully saturated rings. The second-order valence-corrected chi connectivity index (χ2v) is 4.03. The average molecular weight is 228 g/mol. The normalized spacial score (nSPS) is 10.2. The Balaban J connectivity index is 2.00. The molecule has 0 amide bonds. The molecule has 0 unspecified atom stereocenters. The lowest BCUT2D eigenvalue weighted by Gasteiger charge is -2.09. The summed E-state index contributed by atoms with van der Waals surface area (Å²) < 4.78 is 5.73. The maximum absolute atomic E-state index is 8.94. The molecule has 0 aliphatic heterocycles. The lowest BCUT2D eigenvalue weighted by molar-refractivity contribution is 0.281. The van der Waals surface area contributed by atoms with Crippen LogP contribution in [0.2, 0.25) is 0 Å². The highest BCUT2D eigenvalue weighted by Gasteiger charge is 1.99. The van der Waals surface area contributed by atoms with E-state index < -0.39 is 0 Å². The second kappa shape index (κ2) is 5.51. The van der Waals surface area contributed by atoms with E-state index in [0.717, 1.165) is 22.4 Å². The van der Waals surface area contributed by atoms with Gasteiger partial charge in [0.15, 0.2) is 0 Å². The largest absolute Gasteiger partial charge is 0.489 e. The topological polar surface area (TPSA) is 29.5 Å². The Morgan fingerprint density at radius 1 is 0.941 bits per heavy atom. The van der Waals surface area contributed by atoms with Crippen molar-refractivity contribution in [3.63, 3.8) is 0 Å². The molecule has 2 aromatic carbocycles. The van der Waals surface area contributed by atoms with Crippen molar-refractivity contribution in [3.05, 3.63) is 65.2 Å². The predicted octanol–water partition coefficient (Wildman–Crippen LogP) is 3.07. The van der Waals surface area contributed by atoms with E-state index in [1.54, 1.807) is 0 Å². The molecule has 88 valence electrons. The Morgan fingerprint density at radius 3 is 2.24 bits per heavy atom. The van der Waals surface area contributed by atoms with E-state index in [-0.39, 0.29) is 6.61 Å². The number of hydrogen-bond acceptors (Lipinski definition) is 2. The minimum atomic E-state index is 0.0823. The zero-order valence-corrected chi connectivity index (χ0v) is 9.89. The van der Waals surface area contributed by atoms with Gasteiger partial charge in [0.1, 0.15) is 12.4 Å². The first-order valence-electron chi connectivity index (χ1n) is 5.66. The predicted molar refractivity (Wildman–Crippen MR) is 67.9 cm³/mol.